The van der Waals surface area contributed by atoms with Crippen molar-refractivity contribution in [1.29, 1.82) is 0 Å². The van der Waals surface area contributed by atoms with E-state index in [0.29, 0.717) is 45.4 Å². The first-order valence-electron chi connectivity index (χ1n) is 10.6. The van der Waals surface area contributed by atoms with Crippen molar-refractivity contribution in [3.8, 4) is 23.0 Å². The van der Waals surface area contributed by atoms with Crippen molar-refractivity contribution >= 4 is 68.6 Å². The number of thioether (sulfide) groups is 1. The quantitative estimate of drug-likeness (QED) is 0.123. The number of ether oxygens (including phenoxy) is 4. The van der Waals surface area contributed by atoms with Gasteiger partial charge in [-0.25, -0.2) is 0 Å². The van der Waals surface area contributed by atoms with Crippen LogP contribution in [-0.4, -0.2) is 37.7 Å². The molecular weight excluding hydrogens is 597 g/mol. The smallest absolute Gasteiger partial charge is 0.270 e. The molecule has 0 N–H and O–H groups in total. The van der Waals surface area contributed by atoms with E-state index in [1.807, 2.05) is 72.8 Å². The van der Waals surface area contributed by atoms with Crippen molar-refractivity contribution in [3.63, 3.8) is 0 Å². The number of carbonyl (C=O) groups excluding carboxylic acids is 1. The summed E-state index contributed by atoms with van der Waals surface area (Å²) in [6.45, 7) is 0.656. The molecule has 1 heterocycles. The Labute approximate surface area is 227 Å². The third-order valence-electron chi connectivity index (χ3n) is 5.01. The van der Waals surface area contributed by atoms with Crippen molar-refractivity contribution in [2.45, 2.75) is 0 Å². The predicted molar refractivity (Wildman–Crippen MR) is 152 cm³/mol. The summed E-state index contributed by atoms with van der Waals surface area (Å²) in [5.74, 6) is 2.36. The molecule has 0 unspecified atom stereocenters. The SMILES string of the molecule is COc1ccccc1OCCOc1c(I)cc(/C=C2\SC(=S)N(c3ccccc3)C2=O)cc1OC. The van der Waals surface area contributed by atoms with E-state index in [2.05, 4.69) is 22.6 Å². The van der Waals surface area contributed by atoms with Crippen molar-refractivity contribution in [2.75, 3.05) is 32.3 Å². The molecule has 0 aliphatic carbocycles. The maximum absolute atomic E-state index is 13.0. The number of carbonyl (C=O) groups is 1. The van der Waals surface area contributed by atoms with Gasteiger partial charge in [-0.05, 0) is 70.6 Å². The van der Waals surface area contributed by atoms with Gasteiger partial charge in [-0.2, -0.15) is 0 Å². The summed E-state index contributed by atoms with van der Waals surface area (Å²) >= 11 is 8.94. The normalized spacial score (nSPS) is 14.4. The fourth-order valence-corrected chi connectivity index (χ4v) is 5.50. The van der Waals surface area contributed by atoms with E-state index in [1.54, 1.807) is 19.1 Å². The number of rotatable bonds is 9. The number of thiocarbonyl (C=S) groups is 1. The van der Waals surface area contributed by atoms with Gasteiger partial charge in [0.25, 0.3) is 5.91 Å². The Hall–Kier alpha value is -2.76. The molecule has 9 heteroatoms. The van der Waals surface area contributed by atoms with Gasteiger partial charge in [0.05, 0.1) is 28.4 Å². The van der Waals surface area contributed by atoms with Crippen molar-refractivity contribution in [3.05, 3.63) is 80.8 Å². The van der Waals surface area contributed by atoms with Crippen LogP contribution in [0.5, 0.6) is 23.0 Å². The van der Waals surface area contributed by atoms with Crippen LogP contribution in [0.15, 0.2) is 71.6 Å². The van der Waals surface area contributed by atoms with E-state index in [4.69, 9.17) is 31.2 Å². The van der Waals surface area contributed by atoms with Gasteiger partial charge in [0.2, 0.25) is 0 Å². The maximum atomic E-state index is 13.0. The number of anilines is 1. The van der Waals surface area contributed by atoms with Crippen LogP contribution in [0, 0.1) is 3.57 Å². The highest BCUT2D eigenvalue weighted by molar-refractivity contribution is 14.1. The average molecular weight is 620 g/mol. The minimum Gasteiger partial charge on any atom is -0.493 e. The highest BCUT2D eigenvalue weighted by atomic mass is 127. The van der Waals surface area contributed by atoms with E-state index in [-0.39, 0.29) is 5.91 Å². The molecule has 1 amide bonds. The Kier molecular flexibility index (Phi) is 8.53. The molecule has 0 atom stereocenters. The summed E-state index contributed by atoms with van der Waals surface area (Å²) in [6, 6.07) is 20.6. The summed E-state index contributed by atoms with van der Waals surface area (Å²) < 4.78 is 24.0. The summed E-state index contributed by atoms with van der Waals surface area (Å²) in [4.78, 5) is 15.1. The van der Waals surface area contributed by atoms with E-state index >= 15 is 0 Å². The first-order chi connectivity index (χ1) is 17.0. The molecule has 4 rings (SSSR count). The van der Waals surface area contributed by atoms with Gasteiger partial charge in [0.1, 0.15) is 13.2 Å². The second kappa shape index (κ2) is 11.8. The van der Waals surface area contributed by atoms with Gasteiger partial charge in [-0.3, -0.25) is 9.69 Å². The fraction of sp³-hybridized carbons (Fsp3) is 0.154. The molecule has 0 spiro atoms. The van der Waals surface area contributed by atoms with Crippen LogP contribution in [0.2, 0.25) is 0 Å². The van der Waals surface area contributed by atoms with Gasteiger partial charge in [0, 0.05) is 0 Å². The number of halogens is 1. The van der Waals surface area contributed by atoms with Crippen LogP contribution in [0.1, 0.15) is 5.56 Å². The van der Waals surface area contributed by atoms with E-state index in [0.717, 1.165) is 14.8 Å². The molecule has 1 saturated heterocycles. The Morgan fingerprint density at radius 3 is 2.29 bits per heavy atom. The molecule has 180 valence electrons. The summed E-state index contributed by atoms with van der Waals surface area (Å²) in [7, 11) is 3.19. The number of para-hydroxylation sites is 3. The number of amides is 1. The zero-order valence-corrected chi connectivity index (χ0v) is 22.8. The van der Waals surface area contributed by atoms with Gasteiger partial charge in [-0.1, -0.05) is 54.3 Å². The number of hydrogen-bond acceptors (Lipinski definition) is 7. The summed E-state index contributed by atoms with van der Waals surface area (Å²) in [5.41, 5.74) is 1.57. The van der Waals surface area contributed by atoms with Crippen LogP contribution in [-0.2, 0) is 4.79 Å². The fourth-order valence-electron chi connectivity index (χ4n) is 3.42. The number of nitrogens with zero attached hydrogens (tertiary/aromatic N) is 1. The lowest BCUT2D eigenvalue weighted by atomic mass is 10.1. The molecule has 1 aliphatic heterocycles. The van der Waals surface area contributed by atoms with Gasteiger partial charge in [0.15, 0.2) is 27.3 Å². The highest BCUT2D eigenvalue weighted by Crippen LogP contribution is 2.39. The molecule has 3 aromatic rings. The molecule has 6 nitrogen and oxygen atoms in total. The number of hydrogen-bond donors (Lipinski definition) is 0. The summed E-state index contributed by atoms with van der Waals surface area (Å²) in [5, 5.41) is 0. The third kappa shape index (κ3) is 5.91. The molecule has 35 heavy (non-hydrogen) atoms. The van der Waals surface area contributed by atoms with Crippen LogP contribution in [0.3, 0.4) is 0 Å². The van der Waals surface area contributed by atoms with Crippen LogP contribution < -0.4 is 23.8 Å². The first kappa shape index (κ1) is 25.3. The maximum Gasteiger partial charge on any atom is 0.270 e. The lowest BCUT2D eigenvalue weighted by molar-refractivity contribution is -0.113. The van der Waals surface area contributed by atoms with E-state index in [9.17, 15) is 4.79 Å². The minimum atomic E-state index is -0.144. The second-order valence-corrected chi connectivity index (χ2v) is 10.1. The summed E-state index contributed by atoms with van der Waals surface area (Å²) in [6.07, 6.45) is 1.82. The Balaban J connectivity index is 1.46. The van der Waals surface area contributed by atoms with Gasteiger partial charge in [-0.15, -0.1) is 0 Å². The monoisotopic (exact) mass is 619 g/mol. The lowest BCUT2D eigenvalue weighted by Gasteiger charge is -2.15. The predicted octanol–water partition coefficient (Wildman–Crippen LogP) is 6.17. The van der Waals surface area contributed by atoms with E-state index < -0.39 is 0 Å². The van der Waals surface area contributed by atoms with Gasteiger partial charge >= 0.3 is 0 Å². The molecular formula is C26H22INO5S2. The molecule has 0 aromatic heterocycles. The van der Waals surface area contributed by atoms with E-state index in [1.165, 1.54) is 11.8 Å². The zero-order chi connectivity index (χ0) is 24.8. The molecule has 1 fully saturated rings. The number of benzene rings is 3. The van der Waals surface area contributed by atoms with Crippen molar-refractivity contribution in [2.24, 2.45) is 0 Å². The van der Waals surface area contributed by atoms with Gasteiger partial charge < -0.3 is 18.9 Å². The Morgan fingerprint density at radius 2 is 1.57 bits per heavy atom. The topological polar surface area (TPSA) is 57.2 Å². The molecule has 0 radical (unpaired) electrons. The third-order valence-corrected chi connectivity index (χ3v) is 7.12. The first-order valence-corrected chi connectivity index (χ1v) is 12.9. The molecule has 3 aromatic carbocycles. The molecule has 1 aliphatic rings. The zero-order valence-electron chi connectivity index (χ0n) is 19.0. The van der Waals surface area contributed by atoms with Crippen LogP contribution >= 0.6 is 46.6 Å². The van der Waals surface area contributed by atoms with Crippen LogP contribution in [0.25, 0.3) is 6.08 Å². The lowest BCUT2D eigenvalue weighted by Crippen LogP contribution is -2.27. The minimum absolute atomic E-state index is 0.144. The largest absolute Gasteiger partial charge is 0.493 e. The van der Waals surface area contributed by atoms with Crippen LogP contribution in [0.4, 0.5) is 5.69 Å². The Morgan fingerprint density at radius 1 is 0.914 bits per heavy atom. The van der Waals surface area contributed by atoms with Crippen molar-refractivity contribution < 1.29 is 23.7 Å². The molecule has 0 saturated carbocycles. The highest BCUT2D eigenvalue weighted by Gasteiger charge is 2.33. The Bertz CT molecular complexity index is 1270. The second-order valence-electron chi connectivity index (χ2n) is 7.23. The average Bonchev–Trinajstić information content (AvgIpc) is 3.15. The standard InChI is InChI=1S/C26H22INO5S2/c1-30-20-10-6-7-11-21(20)32-12-13-33-24-19(27)14-17(15-22(24)31-2)16-23-25(29)28(26(34)35-23)18-8-4-3-5-9-18/h3-11,14-16H,12-13H2,1-2H3/b23-16-. The van der Waals surface area contributed by atoms with Crippen molar-refractivity contribution in [1.82, 2.24) is 0 Å². The molecule has 0 bridgehead atoms. The number of methoxy groups -OCH3 is 2.